The van der Waals surface area contributed by atoms with Gasteiger partial charge in [0.1, 0.15) is 5.83 Å². The lowest BCUT2D eigenvalue weighted by molar-refractivity contribution is -0.117. The predicted molar refractivity (Wildman–Crippen MR) is 71.4 cm³/mol. The van der Waals surface area contributed by atoms with E-state index in [2.05, 4.69) is 30.9 Å². The lowest BCUT2D eigenvalue weighted by atomic mass is 10.1. The van der Waals surface area contributed by atoms with E-state index in [0.29, 0.717) is 12.3 Å². The van der Waals surface area contributed by atoms with Gasteiger partial charge in [0.05, 0.1) is 18.4 Å². The quantitative estimate of drug-likeness (QED) is 0.391. The molecule has 1 aromatic heterocycles. The molecular weight excluding hydrogens is 267 g/mol. The van der Waals surface area contributed by atoms with Crippen molar-refractivity contribution >= 4 is 17.7 Å². The van der Waals surface area contributed by atoms with E-state index in [9.17, 15) is 9.18 Å². The number of amides is 1. The summed E-state index contributed by atoms with van der Waals surface area (Å²) in [6.45, 7) is 1.47. The topological polar surface area (TPSA) is 148 Å². The number of nitrogens with one attached hydrogen (secondary N) is 2. The maximum atomic E-state index is 13.2. The predicted octanol–water partition coefficient (Wildman–Crippen LogP) is -0.524. The number of nitrogens with two attached hydrogens (primary N) is 2. The first-order valence-corrected chi connectivity index (χ1v) is 5.90. The number of tetrazole rings is 1. The van der Waals surface area contributed by atoms with Gasteiger partial charge in [-0.05, 0) is 25.0 Å². The first-order valence-electron chi connectivity index (χ1n) is 5.90. The highest BCUT2D eigenvalue weighted by atomic mass is 19.1. The van der Waals surface area contributed by atoms with Gasteiger partial charge in [0.2, 0.25) is 5.91 Å². The summed E-state index contributed by atoms with van der Waals surface area (Å²) in [5, 5.41) is 14.9. The molecule has 10 heteroatoms. The number of anilines is 1. The Morgan fingerprint density at radius 3 is 3.00 bits per heavy atom. The summed E-state index contributed by atoms with van der Waals surface area (Å²) in [6, 6.07) is -0.794. The molecule has 0 bridgehead atoms. The highest BCUT2D eigenvalue weighted by Gasteiger charge is 2.14. The second-order valence-corrected chi connectivity index (χ2v) is 4.02. The number of allylic oxidation sites excluding steroid dienone is 1. The monoisotopic (exact) mass is 284 g/mol. The summed E-state index contributed by atoms with van der Waals surface area (Å²) in [4.78, 5) is 15.3. The van der Waals surface area contributed by atoms with Gasteiger partial charge in [0.15, 0.2) is 0 Å². The maximum absolute atomic E-state index is 13.2. The highest BCUT2D eigenvalue weighted by molar-refractivity contribution is 5.93. The molecule has 0 radical (unpaired) electrons. The van der Waals surface area contributed by atoms with Crippen LogP contribution in [0.1, 0.15) is 19.8 Å². The zero-order chi connectivity index (χ0) is 15.0. The summed E-state index contributed by atoms with van der Waals surface area (Å²) in [5.74, 6) is -0.527. The van der Waals surface area contributed by atoms with Crippen molar-refractivity contribution in [2.45, 2.75) is 25.8 Å². The smallest absolute Gasteiger partial charge is 0.269 e. The summed E-state index contributed by atoms with van der Waals surface area (Å²) < 4.78 is 13.2. The summed E-state index contributed by atoms with van der Waals surface area (Å²) in [5.41, 5.74) is 10.9. The van der Waals surface area contributed by atoms with E-state index in [0.717, 1.165) is 0 Å². The number of carbonyl (C=O) groups is 1. The molecule has 20 heavy (non-hydrogen) atoms. The normalized spacial score (nSPS) is 14.2. The second kappa shape index (κ2) is 7.94. The van der Waals surface area contributed by atoms with Crippen LogP contribution < -0.4 is 16.8 Å². The number of H-pyrrole nitrogens is 1. The molecule has 0 aromatic carbocycles. The molecule has 6 N–H and O–H groups in total. The number of aromatic nitrogens is 4. The molecule has 110 valence electrons. The molecule has 0 saturated heterocycles. The van der Waals surface area contributed by atoms with Crippen molar-refractivity contribution < 1.29 is 9.18 Å². The van der Waals surface area contributed by atoms with Crippen LogP contribution in [-0.4, -0.2) is 45.0 Å². The van der Waals surface area contributed by atoms with E-state index in [-0.39, 0.29) is 18.9 Å². The molecule has 0 spiro atoms. The van der Waals surface area contributed by atoms with E-state index in [1.807, 2.05) is 0 Å². The Morgan fingerprint density at radius 1 is 1.65 bits per heavy atom. The Balaban J connectivity index is 2.32. The lowest BCUT2D eigenvalue weighted by Crippen LogP contribution is -2.35. The molecule has 0 fully saturated rings. The molecule has 1 heterocycles. The third kappa shape index (κ3) is 6.00. The van der Waals surface area contributed by atoms with E-state index < -0.39 is 17.8 Å². The maximum Gasteiger partial charge on any atom is 0.269 e. The fraction of sp³-hybridized carbons (Fsp3) is 0.500. The van der Waals surface area contributed by atoms with Crippen molar-refractivity contribution in [3.05, 3.63) is 11.9 Å². The lowest BCUT2D eigenvalue weighted by Gasteiger charge is -2.08. The van der Waals surface area contributed by atoms with Gasteiger partial charge in [-0.25, -0.2) is 4.39 Å². The molecule has 0 aliphatic heterocycles. The zero-order valence-electron chi connectivity index (χ0n) is 11.0. The van der Waals surface area contributed by atoms with Crippen LogP contribution in [0.4, 0.5) is 10.3 Å². The minimum atomic E-state index is -0.794. The average Bonchev–Trinajstić information content (AvgIpc) is 2.89. The highest BCUT2D eigenvalue weighted by Crippen LogP contribution is 2.04. The van der Waals surface area contributed by atoms with Gasteiger partial charge < -0.3 is 11.5 Å². The molecule has 0 aliphatic carbocycles. The number of carbonyl (C=O) groups excluding carboxylic acids is 1. The van der Waals surface area contributed by atoms with Crippen LogP contribution in [0.2, 0.25) is 0 Å². The number of halogens is 1. The number of hydrogen-bond acceptors (Lipinski definition) is 6. The van der Waals surface area contributed by atoms with Crippen LogP contribution in [0.15, 0.2) is 16.9 Å². The Hall–Kier alpha value is -2.36. The third-order valence-corrected chi connectivity index (χ3v) is 2.24. The van der Waals surface area contributed by atoms with Crippen molar-refractivity contribution in [2.24, 2.45) is 16.5 Å². The Labute approximate surface area is 114 Å². The number of rotatable bonds is 7. The molecule has 1 atom stereocenters. The summed E-state index contributed by atoms with van der Waals surface area (Å²) in [6.07, 6.45) is 1.92. The molecule has 0 aliphatic rings. The molecule has 1 rings (SSSR count). The number of nitrogens with zero attached hydrogens (tertiary/aromatic N) is 4. The van der Waals surface area contributed by atoms with Crippen molar-refractivity contribution in [1.29, 1.82) is 0 Å². The van der Waals surface area contributed by atoms with Crippen molar-refractivity contribution in [1.82, 2.24) is 20.6 Å². The minimum absolute atomic E-state index is 0.0416. The van der Waals surface area contributed by atoms with Crippen LogP contribution in [-0.2, 0) is 4.79 Å². The Morgan fingerprint density at radius 2 is 2.40 bits per heavy atom. The van der Waals surface area contributed by atoms with Gasteiger partial charge in [-0.2, -0.15) is 5.21 Å². The second-order valence-electron chi connectivity index (χ2n) is 4.02. The van der Waals surface area contributed by atoms with Gasteiger partial charge in [-0.15, -0.1) is 5.10 Å². The van der Waals surface area contributed by atoms with Gasteiger partial charge >= 0.3 is 0 Å². The van der Waals surface area contributed by atoms with E-state index in [1.165, 1.54) is 6.08 Å². The van der Waals surface area contributed by atoms with Crippen LogP contribution in [0.25, 0.3) is 0 Å². The Kier molecular flexibility index (Phi) is 6.23. The molecule has 0 saturated carbocycles. The molecule has 1 amide bonds. The largest absolute Gasteiger partial charge is 0.388 e. The SMILES string of the molecule is CC(N)=NC/C(F)=C\CC[C@H](N)C(=O)Nc1nn[nH]n1. The Bertz CT molecular complexity index is 479. The van der Waals surface area contributed by atoms with Gasteiger partial charge in [0.25, 0.3) is 5.95 Å². The van der Waals surface area contributed by atoms with Crippen LogP contribution >= 0.6 is 0 Å². The number of hydrogen-bond donors (Lipinski definition) is 4. The van der Waals surface area contributed by atoms with E-state index in [4.69, 9.17) is 11.5 Å². The van der Waals surface area contributed by atoms with Crippen LogP contribution in [0.5, 0.6) is 0 Å². The number of aromatic amines is 1. The van der Waals surface area contributed by atoms with Crippen LogP contribution in [0.3, 0.4) is 0 Å². The summed E-state index contributed by atoms with van der Waals surface area (Å²) >= 11 is 0. The number of aliphatic imine (C=N–C) groups is 1. The third-order valence-electron chi connectivity index (χ3n) is 2.24. The van der Waals surface area contributed by atoms with Crippen molar-refractivity contribution in [2.75, 3.05) is 11.9 Å². The first kappa shape index (κ1) is 15.7. The first-order chi connectivity index (χ1) is 9.49. The zero-order valence-corrected chi connectivity index (χ0v) is 11.0. The molecule has 0 unspecified atom stereocenters. The molecule has 9 nitrogen and oxygen atoms in total. The van der Waals surface area contributed by atoms with E-state index in [1.54, 1.807) is 6.92 Å². The van der Waals surface area contributed by atoms with E-state index >= 15 is 0 Å². The van der Waals surface area contributed by atoms with Gasteiger partial charge in [-0.1, -0.05) is 11.2 Å². The fourth-order valence-corrected chi connectivity index (χ4v) is 1.23. The van der Waals surface area contributed by atoms with Crippen molar-refractivity contribution in [3.8, 4) is 0 Å². The average molecular weight is 284 g/mol. The minimum Gasteiger partial charge on any atom is -0.388 e. The van der Waals surface area contributed by atoms with Crippen LogP contribution in [0, 0.1) is 0 Å². The molecule has 1 aromatic rings. The summed E-state index contributed by atoms with van der Waals surface area (Å²) in [7, 11) is 0. The number of amidine groups is 1. The standard InChI is InChI=1S/C10H17FN8O/c1-6(12)14-5-7(11)3-2-4-8(13)9(20)15-10-16-18-19-17-10/h3,8H,2,4-5,13H2,1H3,(H2,12,14)(H2,15,16,17,18,19,20)/b7-3+/t8-/m0/s1. The fourth-order valence-electron chi connectivity index (χ4n) is 1.23. The van der Waals surface area contributed by atoms with Crippen molar-refractivity contribution in [3.63, 3.8) is 0 Å². The molecular formula is C10H17FN8O. The van der Waals surface area contributed by atoms with Gasteiger partial charge in [0, 0.05) is 0 Å². The van der Waals surface area contributed by atoms with Gasteiger partial charge in [-0.3, -0.25) is 15.1 Å².